The average Bonchev–Trinajstić information content (AvgIpc) is 2.26. The van der Waals surface area contributed by atoms with E-state index in [1.54, 1.807) is 12.3 Å². The molecule has 0 spiro atoms. The third kappa shape index (κ3) is 6.78. The van der Waals surface area contributed by atoms with Crippen LogP contribution in [0.3, 0.4) is 0 Å². The van der Waals surface area contributed by atoms with Crippen LogP contribution >= 0.6 is 0 Å². The maximum atomic E-state index is 3.76. The second kappa shape index (κ2) is 8.10. The summed E-state index contributed by atoms with van der Waals surface area (Å²) in [7, 11) is 0. The van der Waals surface area contributed by atoms with Crippen molar-refractivity contribution in [2.75, 3.05) is 0 Å². The molecule has 2 heteroatoms. The van der Waals surface area contributed by atoms with Crippen LogP contribution in [0.4, 0.5) is 0 Å². The summed E-state index contributed by atoms with van der Waals surface area (Å²) in [5, 5.41) is 0. The fraction of sp³-hybridized carbons (Fsp3) is 0.0769. The van der Waals surface area contributed by atoms with E-state index in [9.17, 15) is 0 Å². The average molecular weight is 247 g/mol. The van der Waals surface area contributed by atoms with E-state index < -0.39 is 0 Å². The maximum absolute atomic E-state index is 3.76. The molecule has 0 aliphatic rings. The van der Waals surface area contributed by atoms with Gasteiger partial charge in [-0.05, 0) is 6.92 Å². The van der Waals surface area contributed by atoms with E-state index in [0.717, 1.165) is 5.56 Å². The van der Waals surface area contributed by atoms with E-state index in [2.05, 4.69) is 37.2 Å². The van der Waals surface area contributed by atoms with Gasteiger partial charge in [0.25, 0.3) is 0 Å². The van der Waals surface area contributed by atoms with Crippen molar-refractivity contribution in [1.29, 1.82) is 0 Å². The molecule has 81 valence electrons. The number of aryl methyl sites for hydroxylation is 1. The fourth-order valence-electron chi connectivity index (χ4n) is 0.865. The number of rotatable bonds is 0. The van der Waals surface area contributed by atoms with Crippen molar-refractivity contribution in [3.05, 3.63) is 72.9 Å². The summed E-state index contributed by atoms with van der Waals surface area (Å²) in [4.78, 5) is 3.66. The van der Waals surface area contributed by atoms with Crippen LogP contribution in [0.25, 0.3) is 0 Å². The first-order valence-corrected chi connectivity index (χ1v) is 4.45. The van der Waals surface area contributed by atoms with Crippen LogP contribution < -0.4 is 0 Å². The van der Waals surface area contributed by atoms with E-state index >= 15 is 0 Å². The molecule has 1 heterocycles. The van der Waals surface area contributed by atoms with Gasteiger partial charge in [-0.2, -0.15) is 42.8 Å². The monoisotopic (exact) mass is 246 g/mol. The van der Waals surface area contributed by atoms with E-state index in [4.69, 9.17) is 0 Å². The molecule has 0 fully saturated rings. The van der Waals surface area contributed by atoms with Gasteiger partial charge in [0.2, 0.25) is 0 Å². The summed E-state index contributed by atoms with van der Waals surface area (Å²) < 4.78 is 0. The standard InChI is InChI=1S/C8H9.C5H4N.Cu/c1-7-3-5-8(2)6-4-7;1-2-4-6-5-3-1;/h3-6H,1H2,2H3;1-4H;/q2*-1;+2. The molecule has 0 N–H and O–H groups in total. The molecule has 2 aromatic rings. The number of hydrogen-bond donors (Lipinski definition) is 0. The van der Waals surface area contributed by atoms with Crippen LogP contribution in [0.15, 0.2) is 48.7 Å². The zero-order valence-corrected chi connectivity index (χ0v) is 9.52. The summed E-state index contributed by atoms with van der Waals surface area (Å²) in [5.74, 6) is 0. The van der Waals surface area contributed by atoms with Crippen LogP contribution in [0, 0.1) is 20.0 Å². The van der Waals surface area contributed by atoms with Crippen molar-refractivity contribution in [3.63, 3.8) is 0 Å². The van der Waals surface area contributed by atoms with E-state index in [1.807, 2.05) is 24.3 Å². The second-order valence-corrected chi connectivity index (χ2v) is 2.94. The molecular formula is C13H13CuN. The number of benzene rings is 1. The summed E-state index contributed by atoms with van der Waals surface area (Å²) in [5.41, 5.74) is 2.37. The molecule has 0 bridgehead atoms. The Morgan fingerprint density at radius 3 is 2.07 bits per heavy atom. The van der Waals surface area contributed by atoms with Crippen LogP contribution in [0.5, 0.6) is 0 Å². The number of aromatic nitrogens is 1. The van der Waals surface area contributed by atoms with Crippen LogP contribution in [-0.2, 0) is 17.1 Å². The van der Waals surface area contributed by atoms with Crippen molar-refractivity contribution in [2.45, 2.75) is 6.92 Å². The molecule has 0 amide bonds. The second-order valence-electron chi connectivity index (χ2n) is 2.94. The minimum atomic E-state index is 0. The van der Waals surface area contributed by atoms with Gasteiger partial charge in [-0.3, -0.25) is 0 Å². The van der Waals surface area contributed by atoms with E-state index in [0.29, 0.717) is 0 Å². The predicted molar refractivity (Wildman–Crippen MR) is 58.7 cm³/mol. The van der Waals surface area contributed by atoms with Crippen LogP contribution in [0.2, 0.25) is 0 Å². The van der Waals surface area contributed by atoms with Gasteiger partial charge in [0.15, 0.2) is 0 Å². The maximum Gasteiger partial charge on any atom is 2.00 e. The summed E-state index contributed by atoms with van der Waals surface area (Å²) in [6.45, 7) is 5.83. The molecule has 0 saturated carbocycles. The smallest absolute Gasteiger partial charge is 0.394 e. The van der Waals surface area contributed by atoms with Gasteiger partial charge in [-0.1, -0.05) is 18.0 Å². The van der Waals surface area contributed by atoms with Crippen molar-refractivity contribution in [1.82, 2.24) is 4.98 Å². The Morgan fingerprint density at radius 2 is 1.80 bits per heavy atom. The van der Waals surface area contributed by atoms with Crippen LogP contribution in [-0.4, -0.2) is 4.98 Å². The minimum Gasteiger partial charge on any atom is -0.394 e. The molecular weight excluding hydrogens is 234 g/mol. The predicted octanol–water partition coefficient (Wildman–Crippen LogP) is 3.06. The Morgan fingerprint density at radius 1 is 1.13 bits per heavy atom. The molecule has 15 heavy (non-hydrogen) atoms. The molecule has 0 aliphatic heterocycles. The van der Waals surface area contributed by atoms with Crippen molar-refractivity contribution in [3.8, 4) is 0 Å². The Hall–Kier alpha value is -1.24. The largest absolute Gasteiger partial charge is 2.00 e. The van der Waals surface area contributed by atoms with Gasteiger partial charge in [-0.25, -0.2) is 0 Å². The Balaban J connectivity index is 0.000000253. The summed E-state index contributed by atoms with van der Waals surface area (Å²) >= 11 is 0. The zero-order valence-electron chi connectivity index (χ0n) is 8.57. The molecule has 1 radical (unpaired) electrons. The van der Waals surface area contributed by atoms with Crippen LogP contribution in [0.1, 0.15) is 11.1 Å². The van der Waals surface area contributed by atoms with Gasteiger partial charge in [0.1, 0.15) is 0 Å². The van der Waals surface area contributed by atoms with Gasteiger partial charge < -0.3 is 4.98 Å². The minimum absolute atomic E-state index is 0. The molecule has 1 aromatic heterocycles. The molecule has 1 nitrogen and oxygen atoms in total. The summed E-state index contributed by atoms with van der Waals surface area (Å²) in [6, 6.07) is 13.6. The van der Waals surface area contributed by atoms with Gasteiger partial charge in [0.05, 0.1) is 0 Å². The normalized spacial score (nSPS) is 8.07. The zero-order chi connectivity index (χ0) is 10.2. The van der Waals surface area contributed by atoms with Gasteiger partial charge in [-0.15, -0.1) is 12.1 Å². The molecule has 0 saturated heterocycles. The van der Waals surface area contributed by atoms with Crippen molar-refractivity contribution >= 4 is 0 Å². The van der Waals surface area contributed by atoms with Crippen molar-refractivity contribution in [2.24, 2.45) is 0 Å². The molecule has 2 rings (SSSR count). The molecule has 0 unspecified atom stereocenters. The molecule has 1 aromatic carbocycles. The number of nitrogens with zero attached hydrogens (tertiary/aromatic N) is 1. The summed E-state index contributed by atoms with van der Waals surface area (Å²) in [6.07, 6.45) is 4.34. The first-order valence-electron chi connectivity index (χ1n) is 4.45. The third-order valence-electron chi connectivity index (χ3n) is 1.64. The van der Waals surface area contributed by atoms with Gasteiger partial charge >= 0.3 is 17.1 Å². The molecule has 0 aliphatic carbocycles. The van der Waals surface area contributed by atoms with Gasteiger partial charge in [0, 0.05) is 0 Å². The third-order valence-corrected chi connectivity index (χ3v) is 1.64. The number of hydrogen-bond acceptors (Lipinski definition) is 1. The van der Waals surface area contributed by atoms with E-state index in [1.165, 1.54) is 5.56 Å². The fourth-order valence-corrected chi connectivity index (χ4v) is 0.865. The Kier molecular flexibility index (Phi) is 7.43. The first kappa shape index (κ1) is 13.8. The number of pyridine rings is 1. The quantitative estimate of drug-likeness (QED) is 0.514. The van der Waals surface area contributed by atoms with E-state index in [-0.39, 0.29) is 17.1 Å². The topological polar surface area (TPSA) is 12.9 Å². The Bertz CT molecular complexity index is 295. The Labute approximate surface area is 102 Å². The SMILES string of the molecule is [CH2-]c1ccc(C)cc1.[Cu+2].[c-]1ccccn1. The molecule has 0 atom stereocenters. The first-order chi connectivity index (χ1) is 6.79. The van der Waals surface area contributed by atoms with Crippen molar-refractivity contribution < 1.29 is 17.1 Å².